The van der Waals surface area contributed by atoms with Gasteiger partial charge in [-0.2, -0.15) is 0 Å². The molecule has 2 unspecified atom stereocenters. The van der Waals surface area contributed by atoms with Gasteiger partial charge in [0.15, 0.2) is 0 Å². The van der Waals surface area contributed by atoms with Crippen LogP contribution >= 0.6 is 0 Å². The first-order valence-corrected chi connectivity index (χ1v) is 8.80. The Morgan fingerprint density at radius 3 is 2.91 bits per heavy atom. The van der Waals surface area contributed by atoms with Gasteiger partial charge >= 0.3 is 0 Å². The molecule has 1 saturated carbocycles. The number of carbonyl (C=O) groups excluding carboxylic acids is 1. The Balaban J connectivity index is 1.76. The lowest BCUT2D eigenvalue weighted by molar-refractivity contribution is -0.134. The van der Waals surface area contributed by atoms with Gasteiger partial charge in [0.2, 0.25) is 5.91 Å². The largest absolute Gasteiger partial charge is 0.337 e. The quantitative estimate of drug-likeness (QED) is 0.821. The average Bonchev–Trinajstić information content (AvgIpc) is 3.06. The van der Waals surface area contributed by atoms with E-state index in [0.717, 1.165) is 51.0 Å². The summed E-state index contributed by atoms with van der Waals surface area (Å²) in [5.74, 6) is 1.02. The van der Waals surface area contributed by atoms with Crippen molar-refractivity contribution in [3.63, 3.8) is 0 Å². The Labute approximate surface area is 138 Å². The number of hydrogen-bond donors (Lipinski definition) is 2. The van der Waals surface area contributed by atoms with Crippen molar-refractivity contribution in [3.05, 3.63) is 18.2 Å². The number of piperidine rings is 1. The molecule has 1 aromatic rings. The molecule has 6 heteroatoms. The maximum Gasteiger partial charge on any atom is 0.240 e. The van der Waals surface area contributed by atoms with E-state index in [1.54, 1.807) is 6.20 Å². The molecule has 0 bridgehead atoms. The fraction of sp³-hybridized carbons (Fsp3) is 0.765. The number of rotatable bonds is 6. The molecule has 0 radical (unpaired) electrons. The summed E-state index contributed by atoms with van der Waals surface area (Å²) >= 11 is 0. The summed E-state index contributed by atoms with van der Waals surface area (Å²) in [6.45, 7) is 4.76. The lowest BCUT2D eigenvalue weighted by Crippen LogP contribution is -2.47. The van der Waals surface area contributed by atoms with E-state index in [1.807, 2.05) is 22.7 Å². The third kappa shape index (κ3) is 3.28. The number of imidazole rings is 1. The van der Waals surface area contributed by atoms with Gasteiger partial charge in [-0.25, -0.2) is 4.98 Å². The van der Waals surface area contributed by atoms with E-state index >= 15 is 0 Å². The van der Waals surface area contributed by atoms with Crippen LogP contribution in [0, 0.1) is 5.41 Å². The van der Waals surface area contributed by atoms with E-state index in [0.29, 0.717) is 18.0 Å². The molecular formula is C17H29N5O. The van der Waals surface area contributed by atoms with Gasteiger partial charge in [0.1, 0.15) is 5.82 Å². The summed E-state index contributed by atoms with van der Waals surface area (Å²) in [6.07, 6.45) is 8.83. The number of aryl methyl sites for hydroxylation is 1. The third-order valence-electron chi connectivity index (χ3n) is 5.55. The summed E-state index contributed by atoms with van der Waals surface area (Å²) in [5, 5.41) is 3.42. The van der Waals surface area contributed by atoms with E-state index in [1.165, 1.54) is 0 Å². The maximum absolute atomic E-state index is 12.9. The summed E-state index contributed by atoms with van der Waals surface area (Å²) in [6, 6.07) is -0.0589. The highest BCUT2D eigenvalue weighted by Crippen LogP contribution is 2.56. The molecule has 3 N–H and O–H groups in total. The first kappa shape index (κ1) is 16.5. The minimum absolute atomic E-state index is 0.0928. The van der Waals surface area contributed by atoms with E-state index < -0.39 is 0 Å². The second-order valence-corrected chi connectivity index (χ2v) is 7.15. The van der Waals surface area contributed by atoms with Gasteiger partial charge in [-0.15, -0.1) is 0 Å². The number of amides is 1. The van der Waals surface area contributed by atoms with Crippen molar-refractivity contribution in [1.82, 2.24) is 19.8 Å². The molecule has 6 nitrogen and oxygen atoms in total. The van der Waals surface area contributed by atoms with Crippen molar-refractivity contribution in [2.24, 2.45) is 18.2 Å². The Morgan fingerprint density at radius 1 is 1.57 bits per heavy atom. The summed E-state index contributed by atoms with van der Waals surface area (Å²) in [4.78, 5) is 19.4. The van der Waals surface area contributed by atoms with Gasteiger partial charge in [0, 0.05) is 25.5 Å². The molecule has 1 aliphatic heterocycles. The van der Waals surface area contributed by atoms with E-state index in [9.17, 15) is 4.79 Å². The van der Waals surface area contributed by atoms with Crippen LogP contribution in [0.25, 0.3) is 0 Å². The van der Waals surface area contributed by atoms with Gasteiger partial charge < -0.3 is 20.5 Å². The molecule has 1 spiro atoms. The topological polar surface area (TPSA) is 76.2 Å². The molecule has 2 aliphatic rings. The van der Waals surface area contributed by atoms with Crippen molar-refractivity contribution in [3.8, 4) is 0 Å². The monoisotopic (exact) mass is 319 g/mol. The maximum atomic E-state index is 12.9. The zero-order valence-corrected chi connectivity index (χ0v) is 14.3. The van der Waals surface area contributed by atoms with Gasteiger partial charge in [0.05, 0.1) is 12.6 Å². The minimum atomic E-state index is -0.389. The summed E-state index contributed by atoms with van der Waals surface area (Å²) in [5.41, 5.74) is 6.47. The molecule has 2 heterocycles. The summed E-state index contributed by atoms with van der Waals surface area (Å²) < 4.78 is 1.99. The highest BCUT2D eigenvalue weighted by molar-refractivity contribution is 5.82. The van der Waals surface area contributed by atoms with Crippen LogP contribution in [-0.4, -0.2) is 45.5 Å². The lowest BCUT2D eigenvalue weighted by atomic mass is 9.93. The zero-order valence-electron chi connectivity index (χ0n) is 14.3. The molecule has 1 amide bonds. The van der Waals surface area contributed by atoms with Gasteiger partial charge in [-0.05, 0) is 44.2 Å². The van der Waals surface area contributed by atoms with Gasteiger partial charge in [-0.3, -0.25) is 4.79 Å². The Hall–Kier alpha value is -1.40. The molecule has 1 aliphatic carbocycles. The van der Waals surface area contributed by atoms with E-state index in [4.69, 9.17) is 5.73 Å². The minimum Gasteiger partial charge on any atom is -0.337 e. The number of nitrogens with one attached hydrogen (secondary N) is 1. The Bertz CT molecular complexity index is 549. The van der Waals surface area contributed by atoms with Crippen LogP contribution in [0.15, 0.2) is 12.4 Å². The zero-order chi connectivity index (χ0) is 16.4. The predicted molar refractivity (Wildman–Crippen MR) is 89.6 cm³/mol. The van der Waals surface area contributed by atoms with Crippen molar-refractivity contribution >= 4 is 5.91 Å². The molecule has 2 fully saturated rings. The van der Waals surface area contributed by atoms with Crippen LogP contribution in [0.3, 0.4) is 0 Å². The van der Waals surface area contributed by atoms with Crippen LogP contribution < -0.4 is 11.1 Å². The van der Waals surface area contributed by atoms with Crippen LogP contribution in [0.2, 0.25) is 0 Å². The van der Waals surface area contributed by atoms with Gasteiger partial charge in [-0.1, -0.05) is 13.3 Å². The first-order chi connectivity index (χ1) is 11.1. The fourth-order valence-corrected chi connectivity index (χ4v) is 3.92. The Morgan fingerprint density at radius 2 is 2.30 bits per heavy atom. The molecular weight excluding hydrogens is 290 g/mol. The lowest BCUT2D eigenvalue weighted by Gasteiger charge is -2.31. The molecule has 128 valence electrons. The smallest absolute Gasteiger partial charge is 0.240 e. The number of nitrogens with zero attached hydrogens (tertiary/aromatic N) is 3. The van der Waals surface area contributed by atoms with Crippen molar-refractivity contribution < 1.29 is 4.79 Å². The molecule has 3 rings (SSSR count). The molecule has 1 saturated heterocycles. The molecule has 23 heavy (non-hydrogen) atoms. The van der Waals surface area contributed by atoms with E-state index in [2.05, 4.69) is 17.2 Å². The normalized spacial score (nSPS) is 23.7. The number of aromatic nitrogens is 2. The van der Waals surface area contributed by atoms with E-state index in [-0.39, 0.29) is 11.9 Å². The predicted octanol–water partition coefficient (Wildman–Crippen LogP) is 1.02. The van der Waals surface area contributed by atoms with Crippen molar-refractivity contribution in [2.75, 3.05) is 13.1 Å². The first-order valence-electron chi connectivity index (χ1n) is 8.80. The Kier molecular flexibility index (Phi) is 4.73. The second-order valence-electron chi connectivity index (χ2n) is 7.15. The third-order valence-corrected chi connectivity index (χ3v) is 5.55. The average molecular weight is 319 g/mol. The van der Waals surface area contributed by atoms with Crippen molar-refractivity contribution in [2.45, 2.75) is 57.7 Å². The summed E-state index contributed by atoms with van der Waals surface area (Å²) in [7, 11) is 1.98. The van der Waals surface area contributed by atoms with Crippen LogP contribution in [0.5, 0.6) is 0 Å². The fourth-order valence-electron chi connectivity index (χ4n) is 3.92. The second kappa shape index (κ2) is 6.61. The number of nitrogens with two attached hydrogens (primary N) is 1. The standard InChI is InChI=1S/C17H29N5O/c1-3-4-13(18)16(23)22(12-15-20-9-10-21(15)2)14-11-17(14)5-7-19-8-6-17/h9-10,13-14,19H,3-8,11-12,18H2,1-2H3. The molecule has 0 aromatic carbocycles. The van der Waals surface area contributed by atoms with Gasteiger partial charge in [0.25, 0.3) is 0 Å². The number of carbonyl (C=O) groups is 1. The van der Waals surface area contributed by atoms with Crippen LogP contribution in [0.1, 0.15) is 44.9 Å². The molecule has 2 atom stereocenters. The van der Waals surface area contributed by atoms with Crippen LogP contribution in [-0.2, 0) is 18.4 Å². The van der Waals surface area contributed by atoms with Crippen LogP contribution in [0.4, 0.5) is 0 Å². The highest BCUT2D eigenvalue weighted by atomic mass is 16.2. The van der Waals surface area contributed by atoms with Crippen molar-refractivity contribution in [1.29, 1.82) is 0 Å². The SMILES string of the molecule is CCCC(N)C(=O)N(Cc1nccn1C)C1CC12CCNCC2. The molecule has 1 aromatic heterocycles. The highest BCUT2D eigenvalue weighted by Gasteiger charge is 2.58. The number of hydrogen-bond acceptors (Lipinski definition) is 4.